The van der Waals surface area contributed by atoms with Crippen LogP contribution in [0.4, 0.5) is 0 Å². The van der Waals surface area contributed by atoms with Gasteiger partial charge in [-0.1, -0.05) is 63.0 Å². The number of allylic oxidation sites excluding steroid dienone is 4. The van der Waals surface area contributed by atoms with Gasteiger partial charge in [0.2, 0.25) is 0 Å². The zero-order chi connectivity index (χ0) is 9.14. The van der Waals surface area contributed by atoms with Gasteiger partial charge in [0, 0.05) is 0 Å². The molecule has 1 aliphatic rings. The highest BCUT2D eigenvalue weighted by Gasteiger charge is 2.25. The molecular formula is C11H19B. The molecule has 0 aromatic carbocycles. The van der Waals surface area contributed by atoms with Gasteiger partial charge in [-0.15, -0.1) is 0 Å². The van der Waals surface area contributed by atoms with E-state index < -0.39 is 0 Å². The molecule has 0 fully saturated rings. The van der Waals surface area contributed by atoms with Crippen molar-refractivity contribution < 1.29 is 0 Å². The normalized spacial score (nSPS) is 16.0. The summed E-state index contributed by atoms with van der Waals surface area (Å²) in [4.78, 5) is 0. The number of hydrogen-bond acceptors (Lipinski definition) is 0. The van der Waals surface area contributed by atoms with Crippen molar-refractivity contribution in [1.29, 1.82) is 0 Å². The predicted molar refractivity (Wildman–Crippen MR) is 57.8 cm³/mol. The molecule has 0 aliphatic heterocycles. The Balaban J connectivity index is 2.66. The van der Waals surface area contributed by atoms with Crippen LogP contribution in [0.1, 0.15) is 34.1 Å². The first kappa shape index (κ1) is 9.63. The van der Waals surface area contributed by atoms with Gasteiger partial charge in [0.15, 0.2) is 6.71 Å². The fourth-order valence-electron chi connectivity index (χ4n) is 2.34. The second-order valence-electron chi connectivity index (χ2n) is 4.39. The topological polar surface area (TPSA) is 0 Å². The Bertz CT molecular complexity index is 191. The first-order valence-corrected chi connectivity index (χ1v) is 4.98. The minimum absolute atomic E-state index is 0.774. The molecule has 0 nitrogen and oxygen atoms in total. The van der Waals surface area contributed by atoms with Crippen molar-refractivity contribution in [3.63, 3.8) is 0 Å². The van der Waals surface area contributed by atoms with Gasteiger partial charge in [-0.2, -0.15) is 0 Å². The van der Waals surface area contributed by atoms with Gasteiger partial charge in [-0.05, 0) is 6.42 Å². The molecule has 0 N–H and O–H groups in total. The van der Waals surface area contributed by atoms with Crippen LogP contribution in [-0.2, 0) is 0 Å². The molecule has 0 spiro atoms. The van der Waals surface area contributed by atoms with E-state index in [1.54, 1.807) is 5.47 Å². The van der Waals surface area contributed by atoms with Crippen LogP contribution in [0.2, 0.25) is 11.6 Å². The van der Waals surface area contributed by atoms with E-state index in [0.717, 1.165) is 18.3 Å². The third-order valence-corrected chi connectivity index (χ3v) is 2.66. The minimum atomic E-state index is 0.774. The maximum Gasteiger partial charge on any atom is 0.176 e. The van der Waals surface area contributed by atoms with E-state index in [2.05, 4.69) is 45.9 Å². The lowest BCUT2D eigenvalue weighted by atomic mass is 9.31. The van der Waals surface area contributed by atoms with Crippen LogP contribution in [-0.4, -0.2) is 6.71 Å². The highest BCUT2D eigenvalue weighted by atomic mass is 14.0. The predicted octanol–water partition coefficient (Wildman–Crippen LogP) is 3.73. The largest absolute Gasteiger partial charge is 0.176 e. The second kappa shape index (κ2) is 3.98. The van der Waals surface area contributed by atoms with E-state index in [0.29, 0.717) is 0 Å². The van der Waals surface area contributed by atoms with Crippen molar-refractivity contribution in [2.24, 2.45) is 0 Å². The summed E-state index contributed by atoms with van der Waals surface area (Å²) >= 11 is 0. The second-order valence-corrected chi connectivity index (χ2v) is 4.39. The average Bonchev–Trinajstić information content (AvgIpc) is 2.37. The van der Waals surface area contributed by atoms with Crippen LogP contribution in [0.25, 0.3) is 0 Å². The molecule has 0 saturated heterocycles. The van der Waals surface area contributed by atoms with E-state index in [4.69, 9.17) is 0 Å². The fourth-order valence-corrected chi connectivity index (χ4v) is 2.34. The molecule has 0 aromatic rings. The molecule has 0 atom stereocenters. The quantitative estimate of drug-likeness (QED) is 0.554. The Hall–Kier alpha value is -0.455. The summed E-state index contributed by atoms with van der Waals surface area (Å²) in [6.07, 6.45) is 7.92. The van der Waals surface area contributed by atoms with Crippen LogP contribution in [0, 0.1) is 0 Å². The molecule has 1 heteroatoms. The van der Waals surface area contributed by atoms with Crippen molar-refractivity contribution in [1.82, 2.24) is 0 Å². The molecule has 0 amide bonds. The lowest BCUT2D eigenvalue weighted by Crippen LogP contribution is -2.23. The van der Waals surface area contributed by atoms with Crippen LogP contribution >= 0.6 is 0 Å². The summed E-state index contributed by atoms with van der Waals surface area (Å²) in [7, 11) is 0. The zero-order valence-electron chi connectivity index (χ0n) is 8.67. The van der Waals surface area contributed by atoms with Gasteiger partial charge in [0.1, 0.15) is 0 Å². The number of hydrogen-bond donors (Lipinski definition) is 0. The Morgan fingerprint density at radius 1 is 1.17 bits per heavy atom. The Labute approximate surface area is 76.8 Å². The van der Waals surface area contributed by atoms with Crippen molar-refractivity contribution in [3.8, 4) is 0 Å². The van der Waals surface area contributed by atoms with E-state index in [1.165, 1.54) is 6.42 Å². The molecule has 0 bridgehead atoms. The summed E-state index contributed by atoms with van der Waals surface area (Å²) in [5, 5.41) is 0. The van der Waals surface area contributed by atoms with Gasteiger partial charge in [-0.25, -0.2) is 0 Å². The molecule has 0 heterocycles. The first-order valence-electron chi connectivity index (χ1n) is 4.98. The van der Waals surface area contributed by atoms with Crippen LogP contribution < -0.4 is 0 Å². The standard InChI is InChI=1S/C11H19B/c1-9(2)12(10(3)4)11-7-5-6-8-11/h5-7,9-10H,8H2,1-4H3. The summed E-state index contributed by atoms with van der Waals surface area (Å²) in [6.45, 7) is 10.1. The summed E-state index contributed by atoms with van der Waals surface area (Å²) in [6, 6.07) is 0. The molecule has 66 valence electrons. The van der Waals surface area contributed by atoms with Crippen molar-refractivity contribution in [3.05, 3.63) is 23.7 Å². The Morgan fingerprint density at radius 2 is 1.75 bits per heavy atom. The van der Waals surface area contributed by atoms with Crippen LogP contribution in [0.5, 0.6) is 0 Å². The highest BCUT2D eigenvalue weighted by Crippen LogP contribution is 2.29. The summed E-state index contributed by atoms with van der Waals surface area (Å²) in [5.74, 6) is 1.55. The molecular weight excluding hydrogens is 143 g/mol. The third kappa shape index (κ3) is 2.03. The van der Waals surface area contributed by atoms with Gasteiger partial charge in [0.05, 0.1) is 0 Å². The third-order valence-electron chi connectivity index (χ3n) is 2.66. The Morgan fingerprint density at radius 3 is 2.08 bits per heavy atom. The van der Waals surface area contributed by atoms with Crippen LogP contribution in [0.15, 0.2) is 23.7 Å². The fraction of sp³-hybridized carbons (Fsp3) is 0.636. The lowest BCUT2D eigenvalue weighted by Gasteiger charge is -2.22. The van der Waals surface area contributed by atoms with E-state index >= 15 is 0 Å². The molecule has 0 aromatic heterocycles. The monoisotopic (exact) mass is 162 g/mol. The Kier molecular flexibility index (Phi) is 3.19. The van der Waals surface area contributed by atoms with E-state index in [9.17, 15) is 0 Å². The van der Waals surface area contributed by atoms with E-state index in [1.807, 2.05) is 0 Å². The summed E-state index contributed by atoms with van der Waals surface area (Å²) < 4.78 is 0. The number of rotatable bonds is 3. The van der Waals surface area contributed by atoms with Gasteiger partial charge < -0.3 is 0 Å². The maximum atomic E-state index is 2.32. The molecule has 0 saturated carbocycles. The minimum Gasteiger partial charge on any atom is -0.0969 e. The zero-order valence-corrected chi connectivity index (χ0v) is 8.67. The van der Waals surface area contributed by atoms with Crippen molar-refractivity contribution >= 4 is 6.71 Å². The molecule has 0 unspecified atom stereocenters. The maximum absolute atomic E-state index is 2.32. The molecule has 0 radical (unpaired) electrons. The molecule has 12 heavy (non-hydrogen) atoms. The average molecular weight is 162 g/mol. The van der Waals surface area contributed by atoms with Crippen LogP contribution in [0.3, 0.4) is 0 Å². The smallest absolute Gasteiger partial charge is 0.0969 e. The highest BCUT2D eigenvalue weighted by molar-refractivity contribution is 6.69. The van der Waals surface area contributed by atoms with Crippen molar-refractivity contribution in [2.75, 3.05) is 0 Å². The van der Waals surface area contributed by atoms with Gasteiger partial charge in [0.25, 0.3) is 0 Å². The lowest BCUT2D eigenvalue weighted by molar-refractivity contribution is 0.937. The molecule has 1 rings (SSSR count). The van der Waals surface area contributed by atoms with E-state index in [-0.39, 0.29) is 0 Å². The SMILES string of the molecule is CC(C)B(C1=CC=CC1)C(C)C. The molecule has 1 aliphatic carbocycles. The summed E-state index contributed by atoms with van der Waals surface area (Å²) in [5.41, 5.74) is 1.63. The first-order chi connectivity index (χ1) is 5.63. The van der Waals surface area contributed by atoms with Gasteiger partial charge in [-0.3, -0.25) is 0 Å². The van der Waals surface area contributed by atoms with Gasteiger partial charge >= 0.3 is 0 Å². The van der Waals surface area contributed by atoms with Crippen molar-refractivity contribution in [2.45, 2.75) is 45.8 Å².